The summed E-state index contributed by atoms with van der Waals surface area (Å²) in [5, 5.41) is 3.41. The van der Waals surface area contributed by atoms with Crippen LogP contribution in [0.3, 0.4) is 0 Å². The third-order valence-electron chi connectivity index (χ3n) is 2.83. The number of furan rings is 1. The van der Waals surface area contributed by atoms with Crippen molar-refractivity contribution in [1.29, 1.82) is 0 Å². The molecule has 0 spiro atoms. The van der Waals surface area contributed by atoms with Crippen LogP contribution in [0.15, 0.2) is 35.0 Å². The van der Waals surface area contributed by atoms with Gasteiger partial charge in [-0.15, -0.1) is 0 Å². The molecule has 0 fully saturated rings. The van der Waals surface area contributed by atoms with E-state index in [9.17, 15) is 0 Å². The standard InChI is InChI=1S/C15H20N2O2/c1-4-17-15(14-7-6-11(3)19-14)12-8-13(18-5-2)10-16-9-12/h6-10,15,17H,4-5H2,1-3H3. The van der Waals surface area contributed by atoms with E-state index in [4.69, 9.17) is 9.15 Å². The summed E-state index contributed by atoms with van der Waals surface area (Å²) >= 11 is 0. The van der Waals surface area contributed by atoms with Gasteiger partial charge in [0.15, 0.2) is 0 Å². The molecule has 2 rings (SSSR count). The highest BCUT2D eigenvalue weighted by molar-refractivity contribution is 5.31. The molecule has 102 valence electrons. The second-order valence-corrected chi connectivity index (χ2v) is 4.33. The number of ether oxygens (including phenoxy) is 1. The van der Waals surface area contributed by atoms with E-state index in [1.807, 2.05) is 38.2 Å². The van der Waals surface area contributed by atoms with Crippen LogP contribution in [0.2, 0.25) is 0 Å². The highest BCUT2D eigenvalue weighted by Crippen LogP contribution is 2.25. The average molecular weight is 260 g/mol. The summed E-state index contributed by atoms with van der Waals surface area (Å²) < 4.78 is 11.2. The average Bonchev–Trinajstić information content (AvgIpc) is 2.83. The summed E-state index contributed by atoms with van der Waals surface area (Å²) in [5.41, 5.74) is 1.04. The first-order chi connectivity index (χ1) is 9.24. The van der Waals surface area contributed by atoms with Crippen molar-refractivity contribution in [3.8, 4) is 5.75 Å². The SMILES string of the molecule is CCNC(c1cncc(OCC)c1)c1ccc(C)o1. The number of nitrogens with one attached hydrogen (secondary N) is 1. The fourth-order valence-electron chi connectivity index (χ4n) is 2.03. The molecular weight excluding hydrogens is 240 g/mol. The topological polar surface area (TPSA) is 47.3 Å². The molecule has 4 nitrogen and oxygen atoms in total. The van der Waals surface area contributed by atoms with E-state index in [0.717, 1.165) is 29.4 Å². The molecule has 19 heavy (non-hydrogen) atoms. The molecule has 0 saturated heterocycles. The molecule has 1 atom stereocenters. The molecule has 2 aromatic heterocycles. The molecule has 2 aromatic rings. The van der Waals surface area contributed by atoms with E-state index >= 15 is 0 Å². The van der Waals surface area contributed by atoms with Gasteiger partial charge >= 0.3 is 0 Å². The van der Waals surface area contributed by atoms with Crippen molar-refractivity contribution >= 4 is 0 Å². The molecule has 0 aliphatic heterocycles. The number of hydrogen-bond donors (Lipinski definition) is 1. The third kappa shape index (κ3) is 3.35. The lowest BCUT2D eigenvalue weighted by atomic mass is 10.1. The van der Waals surface area contributed by atoms with Gasteiger partial charge in [-0.25, -0.2) is 0 Å². The first-order valence-electron chi connectivity index (χ1n) is 6.62. The van der Waals surface area contributed by atoms with Crippen LogP contribution >= 0.6 is 0 Å². The first kappa shape index (κ1) is 13.6. The zero-order valence-electron chi connectivity index (χ0n) is 11.6. The van der Waals surface area contributed by atoms with Crippen LogP contribution in [0.1, 0.15) is 37.0 Å². The van der Waals surface area contributed by atoms with Gasteiger partial charge in [0.2, 0.25) is 0 Å². The maximum absolute atomic E-state index is 5.72. The Hall–Kier alpha value is -1.81. The third-order valence-corrected chi connectivity index (χ3v) is 2.83. The van der Waals surface area contributed by atoms with Crippen LogP contribution in [0.5, 0.6) is 5.75 Å². The zero-order valence-corrected chi connectivity index (χ0v) is 11.6. The van der Waals surface area contributed by atoms with Crippen LogP contribution in [-0.4, -0.2) is 18.1 Å². The Morgan fingerprint density at radius 2 is 2.16 bits per heavy atom. The predicted molar refractivity (Wildman–Crippen MR) is 74.4 cm³/mol. The Morgan fingerprint density at radius 3 is 2.79 bits per heavy atom. The van der Waals surface area contributed by atoms with Crippen molar-refractivity contribution in [2.24, 2.45) is 0 Å². The molecule has 0 aliphatic rings. The smallest absolute Gasteiger partial charge is 0.137 e. The van der Waals surface area contributed by atoms with Crippen molar-refractivity contribution in [3.05, 3.63) is 47.7 Å². The maximum atomic E-state index is 5.72. The number of aromatic nitrogens is 1. The zero-order chi connectivity index (χ0) is 13.7. The van der Waals surface area contributed by atoms with Crippen LogP contribution in [-0.2, 0) is 0 Å². The summed E-state index contributed by atoms with van der Waals surface area (Å²) in [6.45, 7) is 7.47. The molecule has 1 N–H and O–H groups in total. The van der Waals surface area contributed by atoms with E-state index < -0.39 is 0 Å². The van der Waals surface area contributed by atoms with E-state index in [-0.39, 0.29) is 6.04 Å². The van der Waals surface area contributed by atoms with Crippen molar-refractivity contribution in [2.75, 3.05) is 13.2 Å². The van der Waals surface area contributed by atoms with Crippen LogP contribution in [0.25, 0.3) is 0 Å². The molecule has 0 bridgehead atoms. The quantitative estimate of drug-likeness (QED) is 0.867. The number of pyridine rings is 1. The van der Waals surface area contributed by atoms with Gasteiger partial charge in [-0.2, -0.15) is 0 Å². The lowest BCUT2D eigenvalue weighted by Crippen LogP contribution is -2.21. The number of rotatable bonds is 6. The summed E-state index contributed by atoms with van der Waals surface area (Å²) in [7, 11) is 0. The monoisotopic (exact) mass is 260 g/mol. The molecule has 1 unspecified atom stereocenters. The van der Waals surface area contributed by atoms with Gasteiger partial charge in [0, 0.05) is 6.20 Å². The Labute approximate surface area is 113 Å². The van der Waals surface area contributed by atoms with Gasteiger partial charge in [-0.3, -0.25) is 4.98 Å². The molecule has 2 heterocycles. The minimum absolute atomic E-state index is 0.00612. The van der Waals surface area contributed by atoms with Gasteiger partial charge in [-0.1, -0.05) is 6.92 Å². The van der Waals surface area contributed by atoms with Crippen LogP contribution in [0, 0.1) is 6.92 Å². The van der Waals surface area contributed by atoms with Crippen molar-refractivity contribution in [2.45, 2.75) is 26.8 Å². The molecule has 0 saturated carbocycles. The predicted octanol–water partition coefficient (Wildman–Crippen LogP) is 3.08. The van der Waals surface area contributed by atoms with Crippen LogP contribution in [0.4, 0.5) is 0 Å². The Balaban J connectivity index is 2.30. The highest BCUT2D eigenvalue weighted by Gasteiger charge is 2.17. The fraction of sp³-hybridized carbons (Fsp3) is 0.400. The lowest BCUT2D eigenvalue weighted by Gasteiger charge is -2.16. The summed E-state index contributed by atoms with van der Waals surface area (Å²) in [6.07, 6.45) is 3.57. The molecule has 4 heteroatoms. The number of hydrogen-bond acceptors (Lipinski definition) is 4. The Bertz CT molecular complexity index is 522. The second kappa shape index (κ2) is 6.38. The van der Waals surface area contributed by atoms with Gasteiger partial charge in [0.1, 0.15) is 17.3 Å². The fourth-order valence-corrected chi connectivity index (χ4v) is 2.03. The van der Waals surface area contributed by atoms with Crippen molar-refractivity contribution in [1.82, 2.24) is 10.3 Å². The lowest BCUT2D eigenvalue weighted by molar-refractivity contribution is 0.337. The number of nitrogens with zero attached hydrogens (tertiary/aromatic N) is 1. The largest absolute Gasteiger partial charge is 0.492 e. The summed E-state index contributed by atoms with van der Waals surface area (Å²) in [6, 6.07) is 5.98. The van der Waals surface area contributed by atoms with Crippen molar-refractivity contribution in [3.63, 3.8) is 0 Å². The van der Waals surface area contributed by atoms with Gasteiger partial charge in [0.25, 0.3) is 0 Å². The summed E-state index contributed by atoms with van der Waals surface area (Å²) in [4.78, 5) is 4.23. The van der Waals surface area contributed by atoms with E-state index in [0.29, 0.717) is 6.61 Å². The molecule has 0 amide bonds. The normalized spacial score (nSPS) is 12.4. The maximum Gasteiger partial charge on any atom is 0.137 e. The Kier molecular flexibility index (Phi) is 4.58. The van der Waals surface area contributed by atoms with Crippen molar-refractivity contribution < 1.29 is 9.15 Å². The van der Waals surface area contributed by atoms with Gasteiger partial charge < -0.3 is 14.5 Å². The molecule has 0 radical (unpaired) electrons. The Morgan fingerprint density at radius 1 is 1.32 bits per heavy atom. The second-order valence-electron chi connectivity index (χ2n) is 4.33. The van der Waals surface area contributed by atoms with E-state index in [1.165, 1.54) is 0 Å². The van der Waals surface area contributed by atoms with Gasteiger partial charge in [-0.05, 0) is 44.2 Å². The van der Waals surface area contributed by atoms with E-state index in [1.54, 1.807) is 6.20 Å². The molecular formula is C15H20N2O2. The number of aryl methyl sites for hydroxylation is 1. The van der Waals surface area contributed by atoms with Crippen LogP contribution < -0.4 is 10.1 Å². The van der Waals surface area contributed by atoms with E-state index in [2.05, 4.69) is 17.2 Å². The molecule has 0 aromatic carbocycles. The minimum atomic E-state index is 0.00612. The highest BCUT2D eigenvalue weighted by atomic mass is 16.5. The minimum Gasteiger partial charge on any atom is -0.492 e. The van der Waals surface area contributed by atoms with Gasteiger partial charge in [0.05, 0.1) is 18.8 Å². The summed E-state index contributed by atoms with van der Waals surface area (Å²) in [5.74, 6) is 2.59. The first-order valence-corrected chi connectivity index (χ1v) is 6.62. The molecule has 0 aliphatic carbocycles.